The van der Waals surface area contributed by atoms with Crippen molar-refractivity contribution < 1.29 is 23.5 Å². The lowest BCUT2D eigenvalue weighted by atomic mass is 10.1. The highest BCUT2D eigenvalue weighted by Crippen LogP contribution is 2.27. The van der Waals surface area contributed by atoms with Gasteiger partial charge in [-0.3, -0.25) is 10.1 Å². The number of ether oxygens (including phenoxy) is 1. The Bertz CT molecular complexity index is 1030. The molecule has 0 aliphatic heterocycles. The molecule has 2 aromatic carbocycles. The number of oxazole rings is 1. The summed E-state index contributed by atoms with van der Waals surface area (Å²) in [4.78, 5) is 40.5. The lowest BCUT2D eigenvalue weighted by Gasteiger charge is -2.14. The van der Waals surface area contributed by atoms with Gasteiger partial charge in [0, 0.05) is 12.3 Å². The smallest absolute Gasteiger partial charge is 0.339 e. The summed E-state index contributed by atoms with van der Waals surface area (Å²) < 4.78 is 10.9. The van der Waals surface area contributed by atoms with E-state index in [1.54, 1.807) is 25.1 Å². The van der Waals surface area contributed by atoms with Crippen molar-refractivity contribution in [2.75, 3.05) is 6.54 Å². The van der Waals surface area contributed by atoms with E-state index in [0.717, 1.165) is 5.52 Å². The number of amides is 3. The van der Waals surface area contributed by atoms with Crippen LogP contribution in [0.3, 0.4) is 0 Å². The van der Waals surface area contributed by atoms with E-state index in [1.165, 1.54) is 18.7 Å². The Morgan fingerprint density at radius 3 is 2.63 bits per heavy atom. The molecule has 1 aromatic heterocycles. The van der Waals surface area contributed by atoms with Crippen LogP contribution in [-0.2, 0) is 15.3 Å². The average molecular weight is 427 g/mol. The van der Waals surface area contributed by atoms with Crippen LogP contribution >= 0.6 is 11.8 Å². The molecule has 0 aliphatic rings. The number of fused-ring (bicyclic) bond motifs is 1. The number of carbonyl (C=O) groups is 3. The number of esters is 1. The number of nitrogens with zero attached hydrogens (tertiary/aromatic N) is 1. The molecule has 0 radical (unpaired) electrons. The summed E-state index contributed by atoms with van der Waals surface area (Å²) in [5.41, 5.74) is 2.50. The molecule has 0 bridgehead atoms. The number of urea groups is 1. The third-order valence-corrected chi connectivity index (χ3v) is 4.97. The first-order valence-corrected chi connectivity index (χ1v) is 10.3. The molecule has 3 aromatic rings. The number of rotatable bonds is 7. The second-order valence-electron chi connectivity index (χ2n) is 6.29. The number of hydrogen-bond donors (Lipinski definition) is 2. The summed E-state index contributed by atoms with van der Waals surface area (Å²) in [6.45, 7) is 3.50. The van der Waals surface area contributed by atoms with Crippen molar-refractivity contribution in [3.05, 3.63) is 59.7 Å². The predicted octanol–water partition coefficient (Wildman–Crippen LogP) is 3.51. The first kappa shape index (κ1) is 21.4. The molecule has 0 unspecified atom stereocenters. The fourth-order valence-corrected chi connectivity index (χ4v) is 3.44. The minimum atomic E-state index is -1.13. The zero-order chi connectivity index (χ0) is 21.5. The lowest BCUT2D eigenvalue weighted by Crippen LogP contribution is -2.44. The van der Waals surface area contributed by atoms with E-state index < -0.39 is 24.0 Å². The standard InChI is InChI=1S/C21H21N3O5S/c1-3-22-20(27)24-18(25)13(2)28-19(26)15-9-5-4-8-14(15)12-30-21-23-16-10-6-7-11-17(16)29-21/h4-11,13H,3,12H2,1-2H3,(H2,22,24,25,27)/t13-/m0/s1. The Kier molecular flexibility index (Phi) is 7.08. The maximum atomic E-state index is 12.6. The van der Waals surface area contributed by atoms with Crippen molar-refractivity contribution in [2.24, 2.45) is 0 Å². The number of hydrogen-bond acceptors (Lipinski definition) is 7. The minimum absolute atomic E-state index is 0.332. The van der Waals surface area contributed by atoms with Crippen molar-refractivity contribution in [2.45, 2.75) is 30.9 Å². The molecule has 156 valence electrons. The summed E-state index contributed by atoms with van der Waals surface area (Å²) in [5.74, 6) is -0.924. The van der Waals surface area contributed by atoms with Crippen molar-refractivity contribution in [3.63, 3.8) is 0 Å². The monoisotopic (exact) mass is 427 g/mol. The number of nitrogens with one attached hydrogen (secondary N) is 2. The zero-order valence-corrected chi connectivity index (χ0v) is 17.3. The lowest BCUT2D eigenvalue weighted by molar-refractivity contribution is -0.127. The second kappa shape index (κ2) is 9.93. The largest absolute Gasteiger partial charge is 0.449 e. The summed E-state index contributed by atoms with van der Waals surface area (Å²) in [5, 5.41) is 5.05. The quantitative estimate of drug-likeness (QED) is 0.438. The molecule has 30 heavy (non-hydrogen) atoms. The van der Waals surface area contributed by atoms with Gasteiger partial charge in [-0.15, -0.1) is 0 Å². The predicted molar refractivity (Wildman–Crippen MR) is 112 cm³/mol. The second-order valence-corrected chi connectivity index (χ2v) is 7.22. The van der Waals surface area contributed by atoms with Crippen LogP contribution in [0.2, 0.25) is 0 Å². The highest BCUT2D eigenvalue weighted by Gasteiger charge is 2.22. The fraction of sp³-hybridized carbons (Fsp3) is 0.238. The SMILES string of the molecule is CCNC(=O)NC(=O)[C@H](C)OC(=O)c1ccccc1CSc1nc2ccccc2o1. The maximum absolute atomic E-state index is 12.6. The van der Waals surface area contributed by atoms with Crippen molar-refractivity contribution >= 4 is 40.8 Å². The Hall–Kier alpha value is -3.33. The Balaban J connectivity index is 1.64. The van der Waals surface area contributed by atoms with Gasteiger partial charge in [0.25, 0.3) is 11.1 Å². The number of thioether (sulfide) groups is 1. The highest BCUT2D eigenvalue weighted by molar-refractivity contribution is 7.98. The van der Waals surface area contributed by atoms with Crippen LogP contribution in [-0.4, -0.2) is 35.5 Å². The minimum Gasteiger partial charge on any atom is -0.449 e. The first-order chi connectivity index (χ1) is 14.5. The Labute approximate surface area is 177 Å². The van der Waals surface area contributed by atoms with Crippen LogP contribution < -0.4 is 10.6 Å². The van der Waals surface area contributed by atoms with Crippen LogP contribution in [0.25, 0.3) is 11.1 Å². The van der Waals surface area contributed by atoms with E-state index >= 15 is 0 Å². The number of benzene rings is 2. The van der Waals surface area contributed by atoms with E-state index in [-0.39, 0.29) is 0 Å². The molecule has 3 amide bonds. The average Bonchev–Trinajstić information content (AvgIpc) is 3.15. The van der Waals surface area contributed by atoms with Crippen LogP contribution in [0, 0.1) is 0 Å². The van der Waals surface area contributed by atoms with Crippen molar-refractivity contribution in [1.82, 2.24) is 15.6 Å². The van der Waals surface area contributed by atoms with Crippen LogP contribution in [0.15, 0.2) is 58.2 Å². The molecule has 1 atom stereocenters. The molecule has 1 heterocycles. The Morgan fingerprint density at radius 1 is 1.13 bits per heavy atom. The van der Waals surface area contributed by atoms with Gasteiger partial charge < -0.3 is 14.5 Å². The molecular formula is C21H21N3O5S. The van der Waals surface area contributed by atoms with Gasteiger partial charge in [0.05, 0.1) is 5.56 Å². The zero-order valence-electron chi connectivity index (χ0n) is 16.5. The first-order valence-electron chi connectivity index (χ1n) is 9.34. The third kappa shape index (κ3) is 5.38. The van der Waals surface area contributed by atoms with Gasteiger partial charge >= 0.3 is 12.0 Å². The molecular weight excluding hydrogens is 406 g/mol. The summed E-state index contributed by atoms with van der Waals surface area (Å²) in [6, 6.07) is 13.8. The van der Waals surface area contributed by atoms with Crippen molar-refractivity contribution in [3.8, 4) is 0 Å². The molecule has 0 saturated heterocycles. The molecule has 0 saturated carbocycles. The van der Waals surface area contributed by atoms with Gasteiger partial charge in [0.2, 0.25) is 0 Å². The maximum Gasteiger partial charge on any atom is 0.339 e. The number of aromatic nitrogens is 1. The molecule has 8 nitrogen and oxygen atoms in total. The van der Waals surface area contributed by atoms with Gasteiger partial charge in [-0.2, -0.15) is 0 Å². The summed E-state index contributed by atoms with van der Waals surface area (Å²) >= 11 is 1.35. The molecule has 0 fully saturated rings. The Morgan fingerprint density at radius 2 is 1.87 bits per heavy atom. The highest BCUT2D eigenvalue weighted by atomic mass is 32.2. The molecule has 9 heteroatoms. The normalized spacial score (nSPS) is 11.7. The van der Waals surface area contributed by atoms with E-state index in [4.69, 9.17) is 9.15 Å². The molecule has 2 N–H and O–H groups in total. The number of carbonyl (C=O) groups excluding carboxylic acids is 3. The molecule has 0 aliphatic carbocycles. The summed E-state index contributed by atoms with van der Waals surface area (Å²) in [7, 11) is 0. The summed E-state index contributed by atoms with van der Waals surface area (Å²) in [6.07, 6.45) is -1.13. The van der Waals surface area contributed by atoms with Gasteiger partial charge in [-0.25, -0.2) is 14.6 Å². The van der Waals surface area contributed by atoms with Crippen molar-refractivity contribution in [1.29, 1.82) is 0 Å². The molecule has 3 rings (SSSR count). The van der Waals surface area contributed by atoms with E-state index in [9.17, 15) is 14.4 Å². The van der Waals surface area contributed by atoms with Gasteiger partial charge in [0.1, 0.15) is 5.52 Å². The number of para-hydroxylation sites is 2. The van der Waals surface area contributed by atoms with Gasteiger partial charge in [0.15, 0.2) is 11.7 Å². The van der Waals surface area contributed by atoms with E-state index in [2.05, 4.69) is 15.6 Å². The third-order valence-electron chi connectivity index (χ3n) is 4.09. The van der Waals surface area contributed by atoms with Gasteiger partial charge in [-0.05, 0) is 37.6 Å². The van der Waals surface area contributed by atoms with Crippen LogP contribution in [0.4, 0.5) is 4.79 Å². The van der Waals surface area contributed by atoms with Gasteiger partial charge in [-0.1, -0.05) is 42.1 Å². The van der Waals surface area contributed by atoms with Crippen LogP contribution in [0.1, 0.15) is 29.8 Å². The topological polar surface area (TPSA) is 111 Å². The van der Waals surface area contributed by atoms with Crippen LogP contribution in [0.5, 0.6) is 0 Å². The van der Waals surface area contributed by atoms with E-state index in [1.807, 2.05) is 30.3 Å². The number of imide groups is 1. The fourth-order valence-electron chi connectivity index (χ4n) is 2.59. The van der Waals surface area contributed by atoms with E-state index in [0.29, 0.717) is 34.2 Å². The molecule has 0 spiro atoms.